The molecule has 0 radical (unpaired) electrons. The molecule has 0 atom stereocenters. The van der Waals surface area contributed by atoms with E-state index in [-0.39, 0.29) is 11.4 Å². The molecule has 0 aliphatic rings. The fraction of sp³-hybridized carbons (Fsp3) is 0.286. The van der Waals surface area contributed by atoms with Crippen LogP contribution in [0, 0.1) is 6.92 Å². The standard InChI is InChI=1S/C21H22Cl2N4OS/c1-13-4-6-14(7-5-13)11-24-19(28)20-27-26-18(29-20)12-25-21(2,3)15-8-9-16(22)17(23)10-15/h4-10,25H,11-12H2,1-3H3,(H,24,28). The highest BCUT2D eigenvalue weighted by molar-refractivity contribution is 7.13. The minimum absolute atomic E-state index is 0.224. The van der Waals surface area contributed by atoms with E-state index in [1.807, 2.05) is 57.2 Å². The lowest BCUT2D eigenvalue weighted by Gasteiger charge is -2.27. The first kappa shape index (κ1) is 21.7. The Morgan fingerprint density at radius 1 is 1.03 bits per heavy atom. The largest absolute Gasteiger partial charge is 0.346 e. The maximum atomic E-state index is 12.3. The zero-order valence-corrected chi connectivity index (χ0v) is 18.8. The molecule has 5 nitrogen and oxygen atoms in total. The second kappa shape index (κ2) is 9.22. The van der Waals surface area contributed by atoms with Crippen molar-refractivity contribution in [3.63, 3.8) is 0 Å². The van der Waals surface area contributed by atoms with Crippen LogP contribution in [0.1, 0.15) is 45.3 Å². The van der Waals surface area contributed by atoms with Gasteiger partial charge in [0.25, 0.3) is 5.91 Å². The monoisotopic (exact) mass is 448 g/mol. The Labute approximate surface area is 184 Å². The molecule has 2 N–H and O–H groups in total. The molecule has 8 heteroatoms. The van der Waals surface area contributed by atoms with E-state index in [2.05, 4.69) is 20.8 Å². The van der Waals surface area contributed by atoms with Gasteiger partial charge in [0, 0.05) is 12.1 Å². The quantitative estimate of drug-likeness (QED) is 0.526. The van der Waals surface area contributed by atoms with Crippen molar-refractivity contribution in [1.29, 1.82) is 0 Å². The van der Waals surface area contributed by atoms with Gasteiger partial charge in [0.05, 0.1) is 16.6 Å². The van der Waals surface area contributed by atoms with Gasteiger partial charge in [0.1, 0.15) is 5.01 Å². The number of nitrogens with one attached hydrogen (secondary N) is 2. The number of aromatic nitrogens is 2. The molecule has 0 saturated carbocycles. The highest BCUT2D eigenvalue weighted by Crippen LogP contribution is 2.28. The lowest BCUT2D eigenvalue weighted by Crippen LogP contribution is -2.35. The third-order valence-corrected chi connectivity index (χ3v) is 6.22. The number of rotatable bonds is 7. The number of aryl methyl sites for hydroxylation is 1. The van der Waals surface area contributed by atoms with E-state index in [1.54, 1.807) is 6.07 Å². The predicted octanol–water partition coefficient (Wildman–Crippen LogP) is 5.11. The summed E-state index contributed by atoms with van der Waals surface area (Å²) in [5.41, 5.74) is 2.88. The molecule has 1 aromatic heterocycles. The average Bonchev–Trinajstić information content (AvgIpc) is 3.17. The molecular weight excluding hydrogens is 427 g/mol. The summed E-state index contributed by atoms with van der Waals surface area (Å²) in [7, 11) is 0. The van der Waals surface area contributed by atoms with E-state index in [1.165, 1.54) is 16.9 Å². The number of carbonyl (C=O) groups excluding carboxylic acids is 1. The van der Waals surface area contributed by atoms with Crippen LogP contribution in [-0.4, -0.2) is 16.1 Å². The molecule has 0 aliphatic carbocycles. The summed E-state index contributed by atoms with van der Waals surface area (Å²) >= 11 is 13.4. The van der Waals surface area contributed by atoms with Crippen molar-refractivity contribution in [3.8, 4) is 0 Å². The summed E-state index contributed by atoms with van der Waals surface area (Å²) in [6, 6.07) is 13.6. The van der Waals surface area contributed by atoms with Crippen molar-refractivity contribution in [2.45, 2.75) is 39.4 Å². The van der Waals surface area contributed by atoms with Gasteiger partial charge in [0.2, 0.25) is 5.01 Å². The summed E-state index contributed by atoms with van der Waals surface area (Å²) in [5, 5.41) is 16.6. The van der Waals surface area contributed by atoms with E-state index in [0.717, 1.165) is 16.1 Å². The van der Waals surface area contributed by atoms with Crippen LogP contribution in [0.4, 0.5) is 0 Å². The average molecular weight is 449 g/mol. The highest BCUT2D eigenvalue weighted by Gasteiger charge is 2.22. The third kappa shape index (κ3) is 5.76. The van der Waals surface area contributed by atoms with E-state index in [9.17, 15) is 4.79 Å². The lowest BCUT2D eigenvalue weighted by molar-refractivity contribution is 0.0950. The van der Waals surface area contributed by atoms with Crippen molar-refractivity contribution in [1.82, 2.24) is 20.8 Å². The molecule has 0 saturated heterocycles. The van der Waals surface area contributed by atoms with E-state index in [4.69, 9.17) is 23.2 Å². The van der Waals surface area contributed by atoms with Gasteiger partial charge in [0.15, 0.2) is 0 Å². The van der Waals surface area contributed by atoms with E-state index < -0.39 is 0 Å². The zero-order chi connectivity index (χ0) is 21.0. The molecule has 29 heavy (non-hydrogen) atoms. The maximum absolute atomic E-state index is 12.3. The molecule has 152 valence electrons. The zero-order valence-electron chi connectivity index (χ0n) is 16.4. The molecule has 2 aromatic carbocycles. The Hall–Kier alpha value is -1.99. The van der Waals surface area contributed by atoms with Gasteiger partial charge in [-0.3, -0.25) is 4.79 Å². The van der Waals surface area contributed by atoms with Gasteiger partial charge in [-0.15, -0.1) is 10.2 Å². The first-order valence-corrected chi connectivity index (χ1v) is 10.7. The van der Waals surface area contributed by atoms with Crippen molar-refractivity contribution >= 4 is 40.4 Å². The SMILES string of the molecule is Cc1ccc(CNC(=O)c2nnc(CNC(C)(C)c3ccc(Cl)c(Cl)c3)s2)cc1. The molecule has 0 fully saturated rings. The number of hydrogen-bond acceptors (Lipinski definition) is 5. The second-order valence-electron chi connectivity index (χ2n) is 7.28. The minimum Gasteiger partial charge on any atom is -0.346 e. The number of benzene rings is 2. The molecule has 1 heterocycles. The number of amides is 1. The second-order valence-corrected chi connectivity index (χ2v) is 9.15. The third-order valence-electron chi connectivity index (χ3n) is 4.56. The first-order chi connectivity index (χ1) is 13.7. The molecule has 0 spiro atoms. The van der Waals surface area contributed by atoms with Crippen LogP contribution in [0.2, 0.25) is 10.0 Å². The topological polar surface area (TPSA) is 66.9 Å². The molecule has 0 unspecified atom stereocenters. The van der Waals surface area contributed by atoms with Crippen LogP contribution >= 0.6 is 34.5 Å². The van der Waals surface area contributed by atoms with E-state index in [0.29, 0.717) is 28.1 Å². The maximum Gasteiger partial charge on any atom is 0.282 e. The fourth-order valence-corrected chi connectivity index (χ4v) is 3.66. The summed E-state index contributed by atoms with van der Waals surface area (Å²) in [4.78, 5) is 12.3. The van der Waals surface area contributed by atoms with Gasteiger partial charge in [-0.1, -0.05) is 70.4 Å². The predicted molar refractivity (Wildman–Crippen MR) is 119 cm³/mol. The number of nitrogens with zero attached hydrogens (tertiary/aromatic N) is 2. The summed E-state index contributed by atoms with van der Waals surface area (Å²) in [5.74, 6) is -0.224. The fourth-order valence-electron chi connectivity index (χ4n) is 2.66. The Kier molecular flexibility index (Phi) is 6.90. The van der Waals surface area contributed by atoms with Gasteiger partial charge in [-0.05, 0) is 44.0 Å². The van der Waals surface area contributed by atoms with Crippen LogP contribution in [0.15, 0.2) is 42.5 Å². The van der Waals surface area contributed by atoms with Gasteiger partial charge in [-0.25, -0.2) is 0 Å². The van der Waals surface area contributed by atoms with Crippen molar-refractivity contribution in [2.75, 3.05) is 0 Å². The molecular formula is C21H22Cl2N4OS. The lowest BCUT2D eigenvalue weighted by atomic mass is 9.94. The Bertz CT molecular complexity index is 1000. The Morgan fingerprint density at radius 3 is 2.45 bits per heavy atom. The number of halogens is 2. The smallest absolute Gasteiger partial charge is 0.282 e. The minimum atomic E-state index is -0.353. The normalized spacial score (nSPS) is 11.5. The summed E-state index contributed by atoms with van der Waals surface area (Å²) < 4.78 is 0. The van der Waals surface area contributed by atoms with Crippen molar-refractivity contribution in [3.05, 3.63) is 79.2 Å². The molecule has 3 aromatic rings. The summed E-state index contributed by atoms with van der Waals surface area (Å²) in [6.45, 7) is 7.06. The van der Waals surface area contributed by atoms with Crippen LogP contribution < -0.4 is 10.6 Å². The molecule has 0 aliphatic heterocycles. The van der Waals surface area contributed by atoms with Crippen LogP contribution in [0.5, 0.6) is 0 Å². The molecule has 3 rings (SSSR count). The van der Waals surface area contributed by atoms with Gasteiger partial charge in [-0.2, -0.15) is 0 Å². The van der Waals surface area contributed by atoms with Crippen LogP contribution in [0.25, 0.3) is 0 Å². The van der Waals surface area contributed by atoms with Crippen LogP contribution in [-0.2, 0) is 18.6 Å². The highest BCUT2D eigenvalue weighted by atomic mass is 35.5. The Morgan fingerprint density at radius 2 is 1.76 bits per heavy atom. The molecule has 1 amide bonds. The number of hydrogen-bond donors (Lipinski definition) is 2. The summed E-state index contributed by atoms with van der Waals surface area (Å²) in [6.07, 6.45) is 0. The van der Waals surface area contributed by atoms with Gasteiger partial charge >= 0.3 is 0 Å². The first-order valence-electron chi connectivity index (χ1n) is 9.11. The Balaban J connectivity index is 1.57. The molecule has 0 bridgehead atoms. The van der Waals surface area contributed by atoms with Gasteiger partial charge < -0.3 is 10.6 Å². The van der Waals surface area contributed by atoms with E-state index >= 15 is 0 Å². The van der Waals surface area contributed by atoms with Crippen LogP contribution in [0.3, 0.4) is 0 Å². The van der Waals surface area contributed by atoms with Crippen molar-refractivity contribution in [2.24, 2.45) is 0 Å². The number of carbonyl (C=O) groups is 1. The van der Waals surface area contributed by atoms with Crippen molar-refractivity contribution < 1.29 is 4.79 Å².